The van der Waals surface area contributed by atoms with Crippen LogP contribution < -0.4 is 10.9 Å². The van der Waals surface area contributed by atoms with Gasteiger partial charge in [-0.25, -0.2) is 4.98 Å². The number of carbonyl (C=O) groups excluding carboxylic acids is 1. The summed E-state index contributed by atoms with van der Waals surface area (Å²) in [6.45, 7) is 0. The van der Waals surface area contributed by atoms with Gasteiger partial charge in [-0.05, 0) is 30.3 Å². The van der Waals surface area contributed by atoms with Gasteiger partial charge in [-0.1, -0.05) is 41.1 Å². The molecule has 0 radical (unpaired) electrons. The van der Waals surface area contributed by atoms with Gasteiger partial charge in [0, 0.05) is 9.92 Å². The Balaban J connectivity index is 1.53. The van der Waals surface area contributed by atoms with Crippen LogP contribution >= 0.6 is 34.7 Å². The summed E-state index contributed by atoms with van der Waals surface area (Å²) in [5.41, 5.74) is 6.34. The first-order chi connectivity index (χ1) is 10.7. The number of halogens is 1. The van der Waals surface area contributed by atoms with E-state index in [-0.39, 0.29) is 5.91 Å². The fourth-order valence-electron chi connectivity index (χ4n) is 1.78. The maximum absolute atomic E-state index is 11.8. The van der Waals surface area contributed by atoms with Crippen molar-refractivity contribution in [3.63, 3.8) is 0 Å². The van der Waals surface area contributed by atoms with Crippen molar-refractivity contribution in [2.24, 2.45) is 0 Å². The van der Waals surface area contributed by atoms with Crippen molar-refractivity contribution in [1.29, 1.82) is 0 Å². The van der Waals surface area contributed by atoms with Crippen LogP contribution in [0.15, 0.2) is 53.4 Å². The minimum atomic E-state index is -0.105. The van der Waals surface area contributed by atoms with Crippen LogP contribution in [0.4, 0.5) is 5.13 Å². The van der Waals surface area contributed by atoms with Gasteiger partial charge in [-0.3, -0.25) is 15.6 Å². The molecule has 0 aliphatic rings. The zero-order valence-corrected chi connectivity index (χ0v) is 13.8. The van der Waals surface area contributed by atoms with Crippen molar-refractivity contribution < 1.29 is 4.79 Å². The smallest absolute Gasteiger partial charge is 0.248 e. The summed E-state index contributed by atoms with van der Waals surface area (Å²) in [6, 6.07) is 15.3. The monoisotopic (exact) mass is 349 g/mol. The fourth-order valence-corrected chi connectivity index (χ4v) is 3.59. The van der Waals surface area contributed by atoms with E-state index in [1.165, 1.54) is 23.1 Å². The van der Waals surface area contributed by atoms with Gasteiger partial charge in [0.2, 0.25) is 11.0 Å². The Hall–Kier alpha value is -1.76. The van der Waals surface area contributed by atoms with Crippen molar-refractivity contribution in [3.8, 4) is 0 Å². The third kappa shape index (κ3) is 3.91. The minimum absolute atomic E-state index is 0.105. The molecule has 0 unspecified atom stereocenters. The molecule has 0 saturated heterocycles. The van der Waals surface area contributed by atoms with E-state index in [2.05, 4.69) is 15.8 Å². The summed E-state index contributed by atoms with van der Waals surface area (Å²) in [6.07, 6.45) is 0. The Morgan fingerprint density at radius 2 is 2.05 bits per heavy atom. The van der Waals surface area contributed by atoms with Gasteiger partial charge in [0.25, 0.3) is 0 Å². The van der Waals surface area contributed by atoms with Gasteiger partial charge in [0.15, 0.2) is 0 Å². The number of amides is 1. The van der Waals surface area contributed by atoms with Gasteiger partial charge in [0.05, 0.1) is 16.0 Å². The van der Waals surface area contributed by atoms with E-state index in [4.69, 9.17) is 11.6 Å². The van der Waals surface area contributed by atoms with Crippen LogP contribution in [0.1, 0.15) is 0 Å². The van der Waals surface area contributed by atoms with E-state index in [0.717, 1.165) is 15.1 Å². The lowest BCUT2D eigenvalue weighted by molar-refractivity contribution is -0.118. The lowest BCUT2D eigenvalue weighted by atomic mass is 10.3. The maximum atomic E-state index is 11.8. The molecule has 112 valence electrons. The third-order valence-corrected chi connectivity index (χ3v) is 4.95. The van der Waals surface area contributed by atoms with Crippen molar-refractivity contribution in [3.05, 3.63) is 53.6 Å². The van der Waals surface area contributed by atoms with E-state index in [9.17, 15) is 4.79 Å². The lowest BCUT2D eigenvalue weighted by Gasteiger charge is -2.05. The number of nitrogens with one attached hydrogen (secondary N) is 2. The Bertz CT molecular complexity index is 792. The molecule has 3 rings (SSSR count). The topological polar surface area (TPSA) is 54.0 Å². The molecule has 0 fully saturated rings. The summed E-state index contributed by atoms with van der Waals surface area (Å²) >= 11 is 8.86. The summed E-state index contributed by atoms with van der Waals surface area (Å²) < 4.78 is 0.975. The number of hydrazine groups is 1. The molecular weight excluding hydrogens is 338 g/mol. The van der Waals surface area contributed by atoms with Gasteiger partial charge in [0.1, 0.15) is 0 Å². The Morgan fingerprint density at radius 1 is 1.23 bits per heavy atom. The molecule has 0 atom stereocenters. The highest BCUT2D eigenvalue weighted by Crippen LogP contribution is 2.27. The molecule has 1 amide bonds. The number of nitrogens with zero attached hydrogens (tertiary/aromatic N) is 1. The Morgan fingerprint density at radius 3 is 2.86 bits per heavy atom. The number of rotatable bonds is 5. The highest BCUT2D eigenvalue weighted by Gasteiger charge is 2.06. The van der Waals surface area contributed by atoms with Gasteiger partial charge < -0.3 is 0 Å². The molecular formula is C15H12ClN3OS2. The highest BCUT2D eigenvalue weighted by molar-refractivity contribution is 8.00. The predicted molar refractivity (Wildman–Crippen MR) is 93.6 cm³/mol. The van der Waals surface area contributed by atoms with Crippen LogP contribution in [0.5, 0.6) is 0 Å². The maximum Gasteiger partial charge on any atom is 0.248 e. The van der Waals surface area contributed by atoms with Crippen LogP contribution in [0.25, 0.3) is 10.2 Å². The highest BCUT2D eigenvalue weighted by atomic mass is 35.5. The van der Waals surface area contributed by atoms with Crippen molar-refractivity contribution >= 4 is 56.0 Å². The lowest BCUT2D eigenvalue weighted by Crippen LogP contribution is -2.30. The number of thiazole rings is 1. The van der Waals surface area contributed by atoms with Crippen LogP contribution in [-0.4, -0.2) is 16.6 Å². The quantitative estimate of drug-likeness (QED) is 0.536. The van der Waals surface area contributed by atoms with E-state index in [0.29, 0.717) is 15.9 Å². The SMILES string of the molecule is O=C(CSc1ccccc1)NNc1nc2ccc(Cl)cc2s1. The molecule has 0 aliphatic heterocycles. The summed E-state index contributed by atoms with van der Waals surface area (Å²) in [7, 11) is 0. The van der Waals surface area contributed by atoms with E-state index in [1.54, 1.807) is 6.07 Å². The van der Waals surface area contributed by atoms with Gasteiger partial charge in [-0.2, -0.15) is 0 Å². The molecule has 3 aromatic rings. The zero-order valence-electron chi connectivity index (χ0n) is 11.4. The Labute approximate surface area is 140 Å². The van der Waals surface area contributed by atoms with Crippen LogP contribution in [0.2, 0.25) is 5.02 Å². The molecule has 4 nitrogen and oxygen atoms in total. The minimum Gasteiger partial charge on any atom is -0.273 e. The van der Waals surface area contributed by atoms with Crippen LogP contribution in [0.3, 0.4) is 0 Å². The normalized spacial score (nSPS) is 10.6. The average molecular weight is 350 g/mol. The first kappa shape index (κ1) is 15.1. The number of anilines is 1. The number of benzene rings is 2. The molecule has 0 saturated carbocycles. The van der Waals surface area contributed by atoms with Crippen molar-refractivity contribution in [2.45, 2.75) is 4.90 Å². The van der Waals surface area contributed by atoms with Crippen molar-refractivity contribution in [2.75, 3.05) is 11.2 Å². The molecule has 22 heavy (non-hydrogen) atoms. The molecule has 2 aromatic carbocycles. The second-order valence-corrected chi connectivity index (χ2v) is 6.92. The second kappa shape index (κ2) is 7.00. The zero-order chi connectivity index (χ0) is 15.4. The summed E-state index contributed by atoms with van der Waals surface area (Å²) in [5, 5.41) is 1.31. The summed E-state index contributed by atoms with van der Waals surface area (Å²) in [4.78, 5) is 17.3. The first-order valence-corrected chi connectivity index (χ1v) is 8.67. The van der Waals surface area contributed by atoms with Crippen molar-refractivity contribution in [1.82, 2.24) is 10.4 Å². The molecule has 2 N–H and O–H groups in total. The molecule has 1 aromatic heterocycles. The van der Waals surface area contributed by atoms with E-state index < -0.39 is 0 Å². The first-order valence-electron chi connectivity index (χ1n) is 6.49. The molecule has 0 aliphatic carbocycles. The predicted octanol–water partition coefficient (Wildman–Crippen LogP) is 4.19. The second-order valence-electron chi connectivity index (χ2n) is 4.41. The summed E-state index contributed by atoms with van der Waals surface area (Å²) in [5.74, 6) is 0.236. The number of fused-ring (bicyclic) bond motifs is 1. The molecule has 1 heterocycles. The van der Waals surface area contributed by atoms with Gasteiger partial charge >= 0.3 is 0 Å². The van der Waals surface area contributed by atoms with E-state index in [1.807, 2.05) is 42.5 Å². The average Bonchev–Trinajstić information content (AvgIpc) is 2.94. The van der Waals surface area contributed by atoms with E-state index >= 15 is 0 Å². The van der Waals surface area contributed by atoms with Crippen LogP contribution in [0, 0.1) is 0 Å². The standard InChI is InChI=1S/C15H12ClN3OS2/c16-10-6-7-12-13(8-10)22-15(17-12)19-18-14(20)9-21-11-4-2-1-3-5-11/h1-8H,9H2,(H,17,19)(H,18,20). The third-order valence-electron chi connectivity index (χ3n) is 2.77. The number of carbonyl (C=O) groups is 1. The molecule has 7 heteroatoms. The fraction of sp³-hybridized carbons (Fsp3) is 0.0667. The number of aromatic nitrogens is 1. The largest absolute Gasteiger partial charge is 0.273 e. The molecule has 0 bridgehead atoms. The molecule has 0 spiro atoms. The number of hydrogen-bond donors (Lipinski definition) is 2. The van der Waals surface area contributed by atoms with Gasteiger partial charge in [-0.15, -0.1) is 11.8 Å². The van der Waals surface area contributed by atoms with Crippen LogP contribution in [-0.2, 0) is 4.79 Å². The number of thioether (sulfide) groups is 1. The number of hydrogen-bond acceptors (Lipinski definition) is 5. The Kier molecular flexibility index (Phi) is 4.82.